The van der Waals surface area contributed by atoms with Crippen LogP contribution in [0, 0.1) is 0 Å². The third-order valence-electron chi connectivity index (χ3n) is 3.53. The highest BCUT2D eigenvalue weighted by molar-refractivity contribution is 6.43. The topological polar surface area (TPSA) is 44.4 Å². The standard InChI is InChI=1S/C14H19Cl2N3O/c1-2-19(10-6-7-17-8-10)9-13(20)18-12-5-3-4-11(15)14(12)16/h3-5,10,17H,2,6-9H2,1H3,(H,18,20). The summed E-state index contributed by atoms with van der Waals surface area (Å²) in [5.41, 5.74) is 0.560. The Balaban J connectivity index is 1.95. The number of carbonyl (C=O) groups is 1. The number of carbonyl (C=O) groups excluding carboxylic acids is 1. The van der Waals surface area contributed by atoms with E-state index in [4.69, 9.17) is 23.2 Å². The average Bonchev–Trinajstić information content (AvgIpc) is 2.95. The average molecular weight is 316 g/mol. The maximum absolute atomic E-state index is 12.1. The molecule has 0 aliphatic carbocycles. The van der Waals surface area contributed by atoms with Crippen molar-refractivity contribution >= 4 is 34.8 Å². The lowest BCUT2D eigenvalue weighted by Crippen LogP contribution is -2.41. The van der Waals surface area contributed by atoms with Crippen molar-refractivity contribution in [2.45, 2.75) is 19.4 Å². The SMILES string of the molecule is CCN(CC(=O)Nc1cccc(Cl)c1Cl)C1CCNC1. The number of hydrogen-bond acceptors (Lipinski definition) is 3. The fraction of sp³-hybridized carbons (Fsp3) is 0.500. The molecule has 20 heavy (non-hydrogen) atoms. The lowest BCUT2D eigenvalue weighted by Gasteiger charge is -2.26. The van der Waals surface area contributed by atoms with Crippen LogP contribution in [-0.4, -0.2) is 43.0 Å². The second kappa shape index (κ2) is 7.27. The van der Waals surface area contributed by atoms with Crippen LogP contribution >= 0.6 is 23.2 Å². The van der Waals surface area contributed by atoms with E-state index in [-0.39, 0.29) is 5.91 Å². The molecular weight excluding hydrogens is 297 g/mol. The number of amides is 1. The van der Waals surface area contributed by atoms with E-state index in [1.165, 1.54) is 0 Å². The third kappa shape index (κ3) is 3.85. The normalized spacial score (nSPS) is 18.5. The van der Waals surface area contributed by atoms with Gasteiger partial charge in [-0.05, 0) is 31.6 Å². The van der Waals surface area contributed by atoms with Gasteiger partial charge >= 0.3 is 0 Å². The van der Waals surface area contributed by atoms with Gasteiger partial charge in [0.15, 0.2) is 0 Å². The lowest BCUT2D eigenvalue weighted by atomic mass is 10.2. The molecular formula is C14H19Cl2N3O. The van der Waals surface area contributed by atoms with E-state index < -0.39 is 0 Å². The first-order chi connectivity index (χ1) is 9.61. The Morgan fingerprint density at radius 3 is 2.95 bits per heavy atom. The van der Waals surface area contributed by atoms with Gasteiger partial charge in [0.1, 0.15) is 0 Å². The van der Waals surface area contributed by atoms with Crippen molar-refractivity contribution in [3.05, 3.63) is 28.2 Å². The molecule has 0 aromatic heterocycles. The summed E-state index contributed by atoms with van der Waals surface area (Å²) in [7, 11) is 0. The third-order valence-corrected chi connectivity index (χ3v) is 4.35. The van der Waals surface area contributed by atoms with Gasteiger partial charge in [-0.2, -0.15) is 0 Å². The van der Waals surface area contributed by atoms with Crippen molar-refractivity contribution in [2.24, 2.45) is 0 Å². The maximum Gasteiger partial charge on any atom is 0.238 e. The highest BCUT2D eigenvalue weighted by Gasteiger charge is 2.23. The number of nitrogens with zero attached hydrogens (tertiary/aromatic N) is 1. The van der Waals surface area contributed by atoms with E-state index in [2.05, 4.69) is 22.5 Å². The van der Waals surface area contributed by atoms with Gasteiger partial charge in [0.05, 0.1) is 22.3 Å². The van der Waals surface area contributed by atoms with Crippen molar-refractivity contribution in [1.82, 2.24) is 10.2 Å². The molecule has 1 fully saturated rings. The quantitative estimate of drug-likeness (QED) is 0.878. The molecule has 1 aliphatic heterocycles. The van der Waals surface area contributed by atoms with Crippen molar-refractivity contribution in [3.63, 3.8) is 0 Å². The summed E-state index contributed by atoms with van der Waals surface area (Å²) in [5, 5.41) is 6.96. The fourth-order valence-electron chi connectivity index (χ4n) is 2.42. The summed E-state index contributed by atoms with van der Waals surface area (Å²) < 4.78 is 0. The van der Waals surface area contributed by atoms with Crippen molar-refractivity contribution < 1.29 is 4.79 Å². The number of anilines is 1. The molecule has 1 amide bonds. The Bertz CT molecular complexity index is 475. The summed E-state index contributed by atoms with van der Waals surface area (Å²) in [5.74, 6) is -0.0667. The molecule has 6 heteroatoms. The van der Waals surface area contributed by atoms with Gasteiger partial charge < -0.3 is 10.6 Å². The highest BCUT2D eigenvalue weighted by Crippen LogP contribution is 2.29. The molecule has 1 heterocycles. The predicted molar refractivity (Wildman–Crippen MR) is 83.6 cm³/mol. The van der Waals surface area contributed by atoms with Crippen LogP contribution in [0.25, 0.3) is 0 Å². The van der Waals surface area contributed by atoms with E-state index in [0.717, 1.165) is 26.1 Å². The van der Waals surface area contributed by atoms with Crippen LogP contribution in [0.4, 0.5) is 5.69 Å². The van der Waals surface area contributed by atoms with Crippen molar-refractivity contribution in [1.29, 1.82) is 0 Å². The minimum Gasteiger partial charge on any atom is -0.324 e. The molecule has 1 atom stereocenters. The molecule has 4 nitrogen and oxygen atoms in total. The summed E-state index contributed by atoms with van der Waals surface area (Å²) in [4.78, 5) is 14.3. The van der Waals surface area contributed by atoms with Gasteiger partial charge in [-0.1, -0.05) is 36.2 Å². The number of halogens is 2. The van der Waals surface area contributed by atoms with E-state index >= 15 is 0 Å². The predicted octanol–water partition coefficient (Wildman–Crippen LogP) is 2.62. The first-order valence-electron chi connectivity index (χ1n) is 6.80. The van der Waals surface area contributed by atoms with Crippen LogP contribution in [-0.2, 0) is 4.79 Å². The Labute approximate surface area is 129 Å². The highest BCUT2D eigenvalue weighted by atomic mass is 35.5. The number of rotatable bonds is 5. The van der Waals surface area contributed by atoms with Crippen LogP contribution in [0.5, 0.6) is 0 Å². The first-order valence-corrected chi connectivity index (χ1v) is 7.56. The fourth-order valence-corrected chi connectivity index (χ4v) is 2.77. The second-order valence-electron chi connectivity index (χ2n) is 4.86. The van der Waals surface area contributed by atoms with Crippen LogP contribution < -0.4 is 10.6 Å². The first kappa shape index (κ1) is 15.6. The smallest absolute Gasteiger partial charge is 0.238 e. The Kier molecular flexibility index (Phi) is 5.66. The number of benzene rings is 1. The zero-order chi connectivity index (χ0) is 14.5. The molecule has 1 saturated heterocycles. The number of hydrogen-bond donors (Lipinski definition) is 2. The molecule has 2 rings (SSSR count). The minimum absolute atomic E-state index is 0.0667. The summed E-state index contributed by atoms with van der Waals surface area (Å²) in [6, 6.07) is 5.64. The van der Waals surface area contributed by atoms with E-state index in [9.17, 15) is 4.79 Å². The Morgan fingerprint density at radius 1 is 1.50 bits per heavy atom. The van der Waals surface area contributed by atoms with Crippen LogP contribution in [0.2, 0.25) is 10.0 Å². The molecule has 0 radical (unpaired) electrons. The monoisotopic (exact) mass is 315 g/mol. The molecule has 1 aliphatic rings. The largest absolute Gasteiger partial charge is 0.324 e. The Hall–Kier alpha value is -0.810. The van der Waals surface area contributed by atoms with Crippen molar-refractivity contribution in [2.75, 3.05) is 31.5 Å². The molecule has 2 N–H and O–H groups in total. The molecule has 110 valence electrons. The molecule has 0 bridgehead atoms. The van der Waals surface area contributed by atoms with Gasteiger partial charge in [0.25, 0.3) is 0 Å². The lowest BCUT2D eigenvalue weighted by molar-refractivity contribution is -0.117. The summed E-state index contributed by atoms with van der Waals surface area (Å²) in [6.07, 6.45) is 1.08. The molecule has 0 saturated carbocycles. The van der Waals surface area contributed by atoms with Crippen LogP contribution in [0.3, 0.4) is 0 Å². The summed E-state index contributed by atoms with van der Waals surface area (Å²) in [6.45, 7) is 5.24. The molecule has 0 spiro atoms. The van der Waals surface area contributed by atoms with E-state index in [1.807, 2.05) is 0 Å². The zero-order valence-electron chi connectivity index (χ0n) is 11.5. The molecule has 1 unspecified atom stereocenters. The van der Waals surface area contributed by atoms with Gasteiger partial charge in [-0.3, -0.25) is 9.69 Å². The van der Waals surface area contributed by atoms with Crippen LogP contribution in [0.1, 0.15) is 13.3 Å². The molecule has 1 aromatic rings. The zero-order valence-corrected chi connectivity index (χ0v) is 13.0. The number of likely N-dealkylation sites (N-methyl/N-ethyl adjacent to an activating group) is 1. The number of nitrogens with one attached hydrogen (secondary N) is 2. The molecule has 1 aromatic carbocycles. The van der Waals surface area contributed by atoms with Crippen LogP contribution in [0.15, 0.2) is 18.2 Å². The Morgan fingerprint density at radius 2 is 2.30 bits per heavy atom. The second-order valence-corrected chi connectivity index (χ2v) is 5.64. The van der Waals surface area contributed by atoms with E-state index in [1.54, 1.807) is 18.2 Å². The van der Waals surface area contributed by atoms with Gasteiger partial charge in [-0.15, -0.1) is 0 Å². The maximum atomic E-state index is 12.1. The van der Waals surface area contributed by atoms with Gasteiger partial charge in [0.2, 0.25) is 5.91 Å². The van der Waals surface area contributed by atoms with Crippen molar-refractivity contribution in [3.8, 4) is 0 Å². The van der Waals surface area contributed by atoms with E-state index in [0.29, 0.717) is 28.3 Å². The minimum atomic E-state index is -0.0667. The van der Waals surface area contributed by atoms with Gasteiger partial charge in [0, 0.05) is 12.6 Å². The van der Waals surface area contributed by atoms with Gasteiger partial charge in [-0.25, -0.2) is 0 Å². The summed E-state index contributed by atoms with van der Waals surface area (Å²) >= 11 is 12.0.